The van der Waals surface area contributed by atoms with Crippen LogP contribution in [0.25, 0.3) is 0 Å². The minimum atomic E-state index is -2.43. The maximum Gasteiger partial charge on any atom is 0.504 e. The van der Waals surface area contributed by atoms with Gasteiger partial charge in [-0.2, -0.15) is 0 Å². The molecule has 0 saturated heterocycles. The van der Waals surface area contributed by atoms with E-state index in [1.54, 1.807) is 13.2 Å². The molecule has 0 atom stereocenters. The van der Waals surface area contributed by atoms with E-state index in [0.717, 1.165) is 12.8 Å². The van der Waals surface area contributed by atoms with E-state index >= 15 is 0 Å². The van der Waals surface area contributed by atoms with Crippen molar-refractivity contribution in [1.82, 2.24) is 0 Å². The SMILES string of the molecule is C=CC[Si](OC)(OCCC)OCCC. The molecule has 0 amide bonds. The fraction of sp³-hybridized carbons (Fsp3) is 0.800. The van der Waals surface area contributed by atoms with Gasteiger partial charge >= 0.3 is 8.80 Å². The van der Waals surface area contributed by atoms with E-state index in [9.17, 15) is 0 Å². The summed E-state index contributed by atoms with van der Waals surface area (Å²) in [7, 11) is -0.776. The minimum Gasteiger partial charge on any atom is -0.377 e. The molecule has 0 aliphatic carbocycles. The van der Waals surface area contributed by atoms with Crippen molar-refractivity contribution in [1.29, 1.82) is 0 Å². The smallest absolute Gasteiger partial charge is 0.377 e. The Hall–Kier alpha value is -0.163. The average Bonchev–Trinajstić information content (AvgIpc) is 2.22. The van der Waals surface area contributed by atoms with Gasteiger partial charge in [-0.25, -0.2) is 0 Å². The molecule has 0 aliphatic rings. The summed E-state index contributed by atoms with van der Waals surface area (Å²) in [5.74, 6) is 0. The van der Waals surface area contributed by atoms with E-state index in [1.807, 2.05) is 0 Å². The highest BCUT2D eigenvalue weighted by Gasteiger charge is 2.38. The lowest BCUT2D eigenvalue weighted by atomic mass is 10.5. The van der Waals surface area contributed by atoms with Crippen LogP contribution in [0.5, 0.6) is 0 Å². The van der Waals surface area contributed by atoms with Gasteiger partial charge in [0.1, 0.15) is 0 Å². The molecule has 0 radical (unpaired) electrons. The predicted molar refractivity (Wildman–Crippen MR) is 60.3 cm³/mol. The van der Waals surface area contributed by atoms with Crippen molar-refractivity contribution in [3.05, 3.63) is 12.7 Å². The quantitative estimate of drug-likeness (QED) is 0.440. The lowest BCUT2D eigenvalue weighted by Gasteiger charge is -2.26. The molecule has 4 heteroatoms. The van der Waals surface area contributed by atoms with Crippen LogP contribution in [0.2, 0.25) is 6.04 Å². The van der Waals surface area contributed by atoms with Gasteiger partial charge in [-0.1, -0.05) is 19.9 Å². The Labute approximate surface area is 88.4 Å². The second-order valence-corrected chi connectivity index (χ2v) is 5.84. The van der Waals surface area contributed by atoms with Gasteiger partial charge in [-0.15, -0.1) is 6.58 Å². The Kier molecular flexibility index (Phi) is 8.08. The molecule has 0 rings (SSSR count). The van der Waals surface area contributed by atoms with Crippen LogP contribution in [0.4, 0.5) is 0 Å². The normalized spacial score (nSPS) is 11.6. The fourth-order valence-electron chi connectivity index (χ4n) is 1.05. The van der Waals surface area contributed by atoms with Gasteiger partial charge in [0.05, 0.1) is 0 Å². The molecule has 0 N–H and O–H groups in total. The molecule has 3 nitrogen and oxygen atoms in total. The van der Waals surface area contributed by atoms with Crippen molar-refractivity contribution < 1.29 is 13.3 Å². The molecule has 0 aromatic carbocycles. The van der Waals surface area contributed by atoms with Crippen molar-refractivity contribution in [3.63, 3.8) is 0 Å². The summed E-state index contributed by atoms with van der Waals surface area (Å²) in [4.78, 5) is 0. The molecular weight excluding hydrogens is 196 g/mol. The lowest BCUT2D eigenvalue weighted by molar-refractivity contribution is 0.0804. The van der Waals surface area contributed by atoms with Gasteiger partial charge in [0.2, 0.25) is 0 Å². The van der Waals surface area contributed by atoms with Gasteiger partial charge < -0.3 is 13.3 Å². The van der Waals surface area contributed by atoms with Crippen LogP contribution in [0.1, 0.15) is 26.7 Å². The standard InChI is InChI=1S/C10H22O3Si/c1-5-8-12-14(11-4,10-7-3)13-9-6-2/h7H,3,5-6,8-10H2,1-2,4H3. The summed E-state index contributed by atoms with van der Waals surface area (Å²) < 4.78 is 16.8. The third kappa shape index (κ3) is 4.90. The molecule has 0 aliphatic heterocycles. The predicted octanol–water partition coefficient (Wildman–Crippen LogP) is 2.61. The Bertz CT molecular complexity index is 142. The molecule has 0 heterocycles. The van der Waals surface area contributed by atoms with Crippen LogP contribution < -0.4 is 0 Å². The second kappa shape index (κ2) is 8.17. The minimum absolute atomic E-state index is 0.684. The first-order chi connectivity index (χ1) is 6.74. The molecule has 0 fully saturated rings. The summed E-state index contributed by atoms with van der Waals surface area (Å²) in [5, 5.41) is 0. The van der Waals surface area contributed by atoms with Crippen LogP contribution in [0.3, 0.4) is 0 Å². The third-order valence-corrected chi connectivity index (χ3v) is 4.46. The van der Waals surface area contributed by atoms with Gasteiger partial charge in [-0.05, 0) is 12.8 Å². The molecule has 0 bridgehead atoms. The summed E-state index contributed by atoms with van der Waals surface area (Å²) in [6.07, 6.45) is 3.76. The molecule has 0 aromatic rings. The number of allylic oxidation sites excluding steroid dienone is 1. The van der Waals surface area contributed by atoms with Gasteiger partial charge in [-0.3, -0.25) is 0 Å². The van der Waals surface area contributed by atoms with Crippen molar-refractivity contribution >= 4 is 8.80 Å². The van der Waals surface area contributed by atoms with E-state index in [0.29, 0.717) is 19.3 Å². The molecule has 0 saturated carbocycles. The van der Waals surface area contributed by atoms with E-state index < -0.39 is 8.80 Å². The highest BCUT2D eigenvalue weighted by atomic mass is 28.4. The first-order valence-electron chi connectivity index (χ1n) is 5.18. The lowest BCUT2D eigenvalue weighted by Crippen LogP contribution is -2.44. The zero-order valence-electron chi connectivity index (χ0n) is 9.54. The average molecular weight is 218 g/mol. The van der Waals surface area contributed by atoms with Crippen LogP contribution in [-0.4, -0.2) is 29.1 Å². The zero-order valence-corrected chi connectivity index (χ0v) is 10.5. The maximum atomic E-state index is 5.69. The fourth-order valence-corrected chi connectivity index (χ4v) is 3.16. The van der Waals surface area contributed by atoms with Crippen LogP contribution in [0, 0.1) is 0 Å². The van der Waals surface area contributed by atoms with Gasteiger partial charge in [0.25, 0.3) is 0 Å². The molecule has 84 valence electrons. The maximum absolute atomic E-state index is 5.69. The van der Waals surface area contributed by atoms with Crippen molar-refractivity contribution in [3.8, 4) is 0 Å². The Morgan fingerprint density at radius 3 is 1.93 bits per heavy atom. The topological polar surface area (TPSA) is 27.7 Å². The molecule has 0 unspecified atom stereocenters. The van der Waals surface area contributed by atoms with Gasteiger partial charge in [0.15, 0.2) is 0 Å². The first kappa shape index (κ1) is 13.8. The first-order valence-corrected chi connectivity index (χ1v) is 7.11. The van der Waals surface area contributed by atoms with E-state index in [-0.39, 0.29) is 0 Å². The second-order valence-electron chi connectivity index (χ2n) is 3.08. The van der Waals surface area contributed by atoms with Gasteiger partial charge in [0, 0.05) is 26.4 Å². The number of rotatable bonds is 9. The summed E-state index contributed by atoms with van der Waals surface area (Å²) >= 11 is 0. The van der Waals surface area contributed by atoms with Crippen LogP contribution >= 0.6 is 0 Å². The van der Waals surface area contributed by atoms with Crippen molar-refractivity contribution in [2.75, 3.05) is 20.3 Å². The summed E-state index contributed by atoms with van der Waals surface area (Å²) in [6.45, 7) is 9.23. The molecule has 0 spiro atoms. The summed E-state index contributed by atoms with van der Waals surface area (Å²) in [5.41, 5.74) is 0. The van der Waals surface area contributed by atoms with Crippen LogP contribution in [-0.2, 0) is 13.3 Å². The number of hydrogen-bond acceptors (Lipinski definition) is 3. The zero-order chi connectivity index (χ0) is 10.9. The molecule has 0 aromatic heterocycles. The Morgan fingerprint density at radius 1 is 1.14 bits per heavy atom. The molecule has 14 heavy (non-hydrogen) atoms. The monoisotopic (exact) mass is 218 g/mol. The van der Waals surface area contributed by atoms with Crippen LogP contribution in [0.15, 0.2) is 12.7 Å². The number of hydrogen-bond donors (Lipinski definition) is 0. The van der Waals surface area contributed by atoms with E-state index in [2.05, 4.69) is 20.4 Å². The van der Waals surface area contributed by atoms with Crippen molar-refractivity contribution in [2.45, 2.75) is 32.7 Å². The van der Waals surface area contributed by atoms with Crippen molar-refractivity contribution in [2.24, 2.45) is 0 Å². The largest absolute Gasteiger partial charge is 0.504 e. The summed E-state index contributed by atoms with van der Waals surface area (Å²) in [6, 6.07) is 0.684. The molecular formula is C10H22O3Si. The highest BCUT2D eigenvalue weighted by molar-refractivity contribution is 6.61. The van der Waals surface area contributed by atoms with E-state index in [4.69, 9.17) is 13.3 Å². The Morgan fingerprint density at radius 2 is 1.64 bits per heavy atom. The third-order valence-electron chi connectivity index (χ3n) is 1.76. The Balaban J connectivity index is 4.17. The highest BCUT2D eigenvalue weighted by Crippen LogP contribution is 2.15. The van der Waals surface area contributed by atoms with E-state index in [1.165, 1.54) is 0 Å².